The zero-order valence-corrected chi connectivity index (χ0v) is 15.5. The molecule has 0 aromatic rings. The number of fused-ring (bicyclic) bond motifs is 5. The van der Waals surface area contributed by atoms with Gasteiger partial charge in [0.1, 0.15) is 0 Å². The minimum absolute atomic E-state index is 0.00810. The summed E-state index contributed by atoms with van der Waals surface area (Å²) in [5.74, 6) is 3.21. The van der Waals surface area contributed by atoms with Crippen molar-refractivity contribution in [3.8, 4) is 6.07 Å². The molecule has 9 atom stereocenters. The van der Waals surface area contributed by atoms with E-state index >= 15 is 0 Å². The van der Waals surface area contributed by atoms with E-state index in [2.05, 4.69) is 19.9 Å². The Morgan fingerprint density at radius 2 is 1.79 bits per heavy atom. The summed E-state index contributed by atoms with van der Waals surface area (Å²) in [5.41, 5.74) is 0.572. The second-order valence-corrected chi connectivity index (χ2v) is 9.74. The highest BCUT2D eigenvalue weighted by atomic mass is 16.5. The molecule has 0 unspecified atom stereocenters. The highest BCUT2D eigenvalue weighted by Crippen LogP contribution is 2.67. The molecule has 3 nitrogen and oxygen atoms in total. The third kappa shape index (κ3) is 2.15. The van der Waals surface area contributed by atoms with Gasteiger partial charge in [0, 0.05) is 7.11 Å². The average Bonchev–Trinajstić information content (AvgIpc) is 2.91. The summed E-state index contributed by atoms with van der Waals surface area (Å²) in [5, 5.41) is 20.0. The normalized spacial score (nSPS) is 56.7. The summed E-state index contributed by atoms with van der Waals surface area (Å²) < 4.78 is 5.65. The van der Waals surface area contributed by atoms with Crippen LogP contribution in [0.5, 0.6) is 0 Å². The Labute approximate surface area is 146 Å². The Kier molecular flexibility index (Phi) is 4.01. The van der Waals surface area contributed by atoms with E-state index in [1.54, 1.807) is 7.11 Å². The van der Waals surface area contributed by atoms with E-state index < -0.39 is 0 Å². The Morgan fingerprint density at radius 1 is 1.04 bits per heavy atom. The summed E-state index contributed by atoms with van der Waals surface area (Å²) in [7, 11) is 1.75. The molecule has 0 aromatic heterocycles. The van der Waals surface area contributed by atoms with Crippen molar-refractivity contribution in [3.63, 3.8) is 0 Å². The van der Waals surface area contributed by atoms with Crippen molar-refractivity contribution in [3.05, 3.63) is 0 Å². The number of rotatable bonds is 1. The van der Waals surface area contributed by atoms with Gasteiger partial charge < -0.3 is 9.84 Å². The number of hydrogen-bond donors (Lipinski definition) is 1. The second kappa shape index (κ2) is 5.71. The number of methoxy groups -OCH3 is 1. The van der Waals surface area contributed by atoms with E-state index in [4.69, 9.17) is 4.74 Å². The SMILES string of the molecule is CO[C@@H]1C[C@@]2(C)[C@@H](CC[C@@H]3[C@@H]2CC[C@]2(C)[C@@H](C#N)CC[C@@H]32)C[C@@H]1O. The monoisotopic (exact) mass is 331 g/mol. The van der Waals surface area contributed by atoms with Gasteiger partial charge in [0.25, 0.3) is 0 Å². The van der Waals surface area contributed by atoms with Gasteiger partial charge in [-0.3, -0.25) is 0 Å². The molecule has 24 heavy (non-hydrogen) atoms. The molecular formula is C21H33NO2. The van der Waals surface area contributed by atoms with Gasteiger partial charge >= 0.3 is 0 Å². The molecular weight excluding hydrogens is 298 g/mol. The molecule has 134 valence electrons. The fourth-order valence-corrected chi connectivity index (χ4v) is 7.71. The van der Waals surface area contributed by atoms with Crippen molar-refractivity contribution in [2.75, 3.05) is 7.11 Å². The molecule has 0 bridgehead atoms. The first kappa shape index (κ1) is 16.9. The number of ether oxygens (including phenoxy) is 1. The average molecular weight is 332 g/mol. The zero-order chi connectivity index (χ0) is 17.1. The Hall–Kier alpha value is -0.590. The van der Waals surface area contributed by atoms with Crippen molar-refractivity contribution < 1.29 is 9.84 Å². The number of aliphatic hydroxyl groups is 1. The molecule has 0 saturated heterocycles. The second-order valence-electron chi connectivity index (χ2n) is 9.74. The summed E-state index contributed by atoms with van der Waals surface area (Å²) in [4.78, 5) is 0. The van der Waals surface area contributed by atoms with Crippen molar-refractivity contribution in [1.29, 1.82) is 5.26 Å². The largest absolute Gasteiger partial charge is 0.390 e. The standard InChI is InChI=1S/C21H33NO2/c1-20-9-8-17-15(16(20)7-5-14(20)12-22)6-4-13-10-18(23)19(24-3)11-21(13,17)2/h13-19,23H,4-11H2,1-3H3/t13-,14+,15-,16-,17-,18-,19+,20+,21-/m0/s1. The molecule has 0 radical (unpaired) electrons. The van der Waals surface area contributed by atoms with Gasteiger partial charge in [-0.25, -0.2) is 0 Å². The molecule has 4 rings (SSSR count). The van der Waals surface area contributed by atoms with E-state index in [0.717, 1.165) is 37.0 Å². The molecule has 4 fully saturated rings. The minimum Gasteiger partial charge on any atom is -0.390 e. The van der Waals surface area contributed by atoms with Crippen LogP contribution < -0.4 is 0 Å². The van der Waals surface area contributed by atoms with Crippen LogP contribution in [0.3, 0.4) is 0 Å². The van der Waals surface area contributed by atoms with E-state index in [1.165, 1.54) is 32.1 Å². The van der Waals surface area contributed by atoms with Crippen LogP contribution in [-0.4, -0.2) is 24.4 Å². The van der Waals surface area contributed by atoms with E-state index in [0.29, 0.717) is 11.3 Å². The van der Waals surface area contributed by atoms with Crippen LogP contribution in [0.15, 0.2) is 0 Å². The highest BCUT2D eigenvalue weighted by Gasteiger charge is 2.61. The zero-order valence-electron chi connectivity index (χ0n) is 15.5. The third-order valence-electron chi connectivity index (χ3n) is 9.12. The van der Waals surface area contributed by atoms with Gasteiger partial charge in [-0.2, -0.15) is 5.26 Å². The lowest BCUT2D eigenvalue weighted by molar-refractivity contribution is -0.164. The summed E-state index contributed by atoms with van der Waals surface area (Å²) >= 11 is 0. The first-order valence-electron chi connectivity index (χ1n) is 10.0. The van der Waals surface area contributed by atoms with Crippen LogP contribution >= 0.6 is 0 Å². The van der Waals surface area contributed by atoms with Crippen LogP contribution in [0.1, 0.15) is 65.2 Å². The predicted octanol–water partition coefficient (Wildman–Crippen LogP) is 4.15. The van der Waals surface area contributed by atoms with Crippen molar-refractivity contribution in [2.24, 2.45) is 40.4 Å². The van der Waals surface area contributed by atoms with E-state index in [9.17, 15) is 10.4 Å². The maximum absolute atomic E-state index is 10.4. The first-order valence-corrected chi connectivity index (χ1v) is 10.0. The molecule has 4 aliphatic rings. The molecule has 0 spiro atoms. The molecule has 3 heteroatoms. The molecule has 4 saturated carbocycles. The maximum atomic E-state index is 10.4. The van der Waals surface area contributed by atoms with Crippen molar-refractivity contribution >= 4 is 0 Å². The first-order chi connectivity index (χ1) is 11.4. The van der Waals surface area contributed by atoms with E-state index in [-0.39, 0.29) is 23.5 Å². The van der Waals surface area contributed by atoms with Crippen molar-refractivity contribution in [1.82, 2.24) is 0 Å². The molecule has 0 amide bonds. The van der Waals surface area contributed by atoms with Gasteiger partial charge in [-0.15, -0.1) is 0 Å². The quantitative estimate of drug-likeness (QED) is 0.785. The number of nitriles is 1. The molecule has 0 heterocycles. The lowest BCUT2D eigenvalue weighted by atomic mass is 9.44. The van der Waals surface area contributed by atoms with Crippen LogP contribution in [-0.2, 0) is 4.74 Å². The van der Waals surface area contributed by atoms with Crippen LogP contribution in [0.25, 0.3) is 0 Å². The molecule has 0 aliphatic heterocycles. The summed E-state index contributed by atoms with van der Waals surface area (Å²) in [6.07, 6.45) is 9.09. The number of hydrogen-bond acceptors (Lipinski definition) is 3. The van der Waals surface area contributed by atoms with E-state index in [1.807, 2.05) is 0 Å². The van der Waals surface area contributed by atoms with Crippen LogP contribution in [0.2, 0.25) is 0 Å². The number of nitrogens with zero attached hydrogens (tertiary/aromatic N) is 1. The highest BCUT2D eigenvalue weighted by molar-refractivity contribution is 5.13. The van der Waals surface area contributed by atoms with Crippen LogP contribution in [0.4, 0.5) is 0 Å². The topological polar surface area (TPSA) is 53.2 Å². The van der Waals surface area contributed by atoms with Gasteiger partial charge in [0.2, 0.25) is 0 Å². The molecule has 1 N–H and O–H groups in total. The predicted molar refractivity (Wildman–Crippen MR) is 93.0 cm³/mol. The fraction of sp³-hybridized carbons (Fsp3) is 0.952. The smallest absolute Gasteiger partial charge is 0.0835 e. The van der Waals surface area contributed by atoms with Gasteiger partial charge in [-0.1, -0.05) is 13.8 Å². The van der Waals surface area contributed by atoms with Gasteiger partial charge in [-0.05, 0) is 85.9 Å². The molecule has 4 aliphatic carbocycles. The summed E-state index contributed by atoms with van der Waals surface area (Å²) in [6, 6.07) is 2.63. The lowest BCUT2D eigenvalue weighted by Gasteiger charge is -2.61. The Morgan fingerprint density at radius 3 is 2.50 bits per heavy atom. The van der Waals surface area contributed by atoms with Gasteiger partial charge in [0.15, 0.2) is 0 Å². The van der Waals surface area contributed by atoms with Crippen LogP contribution in [0, 0.1) is 51.8 Å². The fourth-order valence-electron chi connectivity index (χ4n) is 7.71. The molecule has 0 aromatic carbocycles. The minimum atomic E-state index is -0.284. The Balaban J connectivity index is 1.62. The Bertz CT molecular complexity index is 542. The third-order valence-corrected chi connectivity index (χ3v) is 9.12. The van der Waals surface area contributed by atoms with Gasteiger partial charge in [0.05, 0.1) is 24.2 Å². The maximum Gasteiger partial charge on any atom is 0.0835 e. The number of aliphatic hydroxyl groups excluding tert-OH is 1. The van der Waals surface area contributed by atoms with Crippen molar-refractivity contribution in [2.45, 2.75) is 77.4 Å². The summed E-state index contributed by atoms with van der Waals surface area (Å²) in [6.45, 7) is 4.90. The lowest BCUT2D eigenvalue weighted by Crippen LogP contribution is -2.56.